The van der Waals surface area contributed by atoms with Crippen molar-refractivity contribution >= 4 is 35.0 Å². The summed E-state index contributed by atoms with van der Waals surface area (Å²) in [5.41, 5.74) is 5.08. The largest absolute Gasteiger partial charge is 0.481 e. The number of halogens is 1. The lowest BCUT2D eigenvalue weighted by Crippen LogP contribution is -2.39. The number of likely N-dealkylation sites (N-methyl/N-ethyl adjacent to an activating group) is 1. The van der Waals surface area contributed by atoms with Gasteiger partial charge in [-0.2, -0.15) is 9.78 Å². The maximum atomic E-state index is 14.2. The normalized spacial score (nSPS) is 24.6. The number of carboxylic acid groups (broad SMARTS) is 1. The van der Waals surface area contributed by atoms with Crippen LogP contribution in [0.1, 0.15) is 83.7 Å². The Morgan fingerprint density at radius 3 is 2.48 bits per heavy atom. The molecule has 212 valence electrons. The summed E-state index contributed by atoms with van der Waals surface area (Å²) in [6, 6.07) is 6.02. The number of benzene rings is 1. The van der Waals surface area contributed by atoms with Crippen molar-refractivity contribution in [2.24, 2.45) is 11.8 Å². The minimum atomic E-state index is -0.774. The second kappa shape index (κ2) is 10.8. The van der Waals surface area contributed by atoms with Crippen LogP contribution in [-0.4, -0.2) is 75.7 Å². The number of hydrogen-bond acceptors (Lipinski definition) is 5. The smallest absolute Gasteiger partial charge is 0.306 e. The average molecular weight is 565 g/mol. The topological polar surface area (TPSA) is 95.7 Å². The first-order valence-corrected chi connectivity index (χ1v) is 14.9. The molecule has 1 aromatic carbocycles. The van der Waals surface area contributed by atoms with Gasteiger partial charge in [-0.25, -0.2) is 0 Å². The van der Waals surface area contributed by atoms with Crippen molar-refractivity contribution in [1.82, 2.24) is 19.6 Å². The van der Waals surface area contributed by atoms with Gasteiger partial charge < -0.3 is 14.9 Å². The third-order valence-corrected chi connectivity index (χ3v) is 9.68. The van der Waals surface area contributed by atoms with Crippen LogP contribution in [0.2, 0.25) is 5.02 Å². The van der Waals surface area contributed by atoms with Crippen LogP contribution in [0, 0.1) is 11.8 Å². The van der Waals surface area contributed by atoms with Crippen molar-refractivity contribution in [3.8, 4) is 0 Å². The van der Waals surface area contributed by atoms with Gasteiger partial charge in [0.25, 0.3) is 5.91 Å². The summed E-state index contributed by atoms with van der Waals surface area (Å²) in [7, 11) is 4.11. The monoisotopic (exact) mass is 564 g/mol. The van der Waals surface area contributed by atoms with E-state index >= 15 is 0 Å². The molecule has 1 aromatic heterocycles. The van der Waals surface area contributed by atoms with E-state index in [-0.39, 0.29) is 23.7 Å². The number of carbonyl (C=O) groups excluding carboxylic acids is 2. The van der Waals surface area contributed by atoms with E-state index in [1.807, 2.05) is 23.1 Å². The number of likely N-dealkylation sites (tertiary alicyclic amines) is 1. The SMILES string of the molecule is CN(C)[C@@H]1CCN(C(=O)C2CCc3c(C4=CCC(C(=O)O)CC4)nn(C(=O)c4c(Cl)cccc4C4CC4)c3C2)C1. The summed E-state index contributed by atoms with van der Waals surface area (Å²) in [5.74, 6) is -1.10. The summed E-state index contributed by atoms with van der Waals surface area (Å²) in [5, 5.41) is 14.8. The van der Waals surface area contributed by atoms with Crippen molar-refractivity contribution in [1.29, 1.82) is 0 Å². The Balaban J connectivity index is 1.36. The molecule has 2 fully saturated rings. The van der Waals surface area contributed by atoms with Crippen LogP contribution < -0.4 is 0 Å². The number of aliphatic carboxylic acids is 1. The van der Waals surface area contributed by atoms with E-state index in [4.69, 9.17) is 16.7 Å². The van der Waals surface area contributed by atoms with Gasteiger partial charge in [-0.05, 0) is 88.6 Å². The van der Waals surface area contributed by atoms with Gasteiger partial charge in [-0.15, -0.1) is 0 Å². The van der Waals surface area contributed by atoms with Gasteiger partial charge in [0.05, 0.1) is 27.9 Å². The molecule has 2 unspecified atom stereocenters. The van der Waals surface area contributed by atoms with Crippen LogP contribution in [0.5, 0.6) is 0 Å². The second-order valence-electron chi connectivity index (χ2n) is 12.1. The highest BCUT2D eigenvalue weighted by Crippen LogP contribution is 2.44. The zero-order chi connectivity index (χ0) is 28.1. The fourth-order valence-corrected chi connectivity index (χ4v) is 7.01. The molecular weight excluding hydrogens is 528 g/mol. The van der Waals surface area contributed by atoms with E-state index in [0.29, 0.717) is 61.1 Å². The highest BCUT2D eigenvalue weighted by Gasteiger charge is 2.38. The van der Waals surface area contributed by atoms with E-state index in [9.17, 15) is 19.5 Å². The van der Waals surface area contributed by atoms with Crippen molar-refractivity contribution in [2.45, 2.75) is 69.7 Å². The van der Waals surface area contributed by atoms with Crippen molar-refractivity contribution in [3.05, 3.63) is 57.4 Å². The Kier molecular flexibility index (Phi) is 7.34. The number of fused-ring (bicyclic) bond motifs is 1. The molecule has 6 rings (SSSR count). The highest BCUT2D eigenvalue weighted by molar-refractivity contribution is 6.34. The van der Waals surface area contributed by atoms with Crippen LogP contribution in [0.3, 0.4) is 0 Å². The van der Waals surface area contributed by atoms with Gasteiger partial charge in [0, 0.05) is 37.0 Å². The molecule has 3 aliphatic carbocycles. The third kappa shape index (κ3) is 5.00. The summed E-state index contributed by atoms with van der Waals surface area (Å²) >= 11 is 6.64. The van der Waals surface area contributed by atoms with Gasteiger partial charge in [0.2, 0.25) is 5.91 Å². The molecule has 1 N–H and O–H groups in total. The minimum absolute atomic E-state index is 0.161. The Morgan fingerprint density at radius 1 is 1.05 bits per heavy atom. The maximum absolute atomic E-state index is 14.2. The lowest BCUT2D eigenvalue weighted by Gasteiger charge is -2.28. The van der Waals surface area contributed by atoms with Crippen LogP contribution in [0.25, 0.3) is 5.57 Å². The molecule has 9 heteroatoms. The van der Waals surface area contributed by atoms with Gasteiger partial charge in [-0.1, -0.05) is 29.8 Å². The van der Waals surface area contributed by atoms with E-state index in [1.54, 1.807) is 6.07 Å². The van der Waals surface area contributed by atoms with Crippen molar-refractivity contribution in [3.63, 3.8) is 0 Å². The summed E-state index contributed by atoms with van der Waals surface area (Å²) in [6.07, 6.45) is 8.49. The second-order valence-corrected chi connectivity index (χ2v) is 12.5. The molecule has 0 bridgehead atoms. The third-order valence-electron chi connectivity index (χ3n) is 9.36. The number of nitrogens with zero attached hydrogens (tertiary/aromatic N) is 4. The van der Waals surface area contributed by atoms with Gasteiger partial charge >= 0.3 is 5.97 Å². The predicted molar refractivity (Wildman–Crippen MR) is 153 cm³/mol. The van der Waals surface area contributed by atoms with E-state index < -0.39 is 5.97 Å². The molecular formula is C31H37ClN4O4. The van der Waals surface area contributed by atoms with Crippen LogP contribution >= 0.6 is 11.6 Å². The first-order valence-electron chi connectivity index (χ1n) is 14.5. The van der Waals surface area contributed by atoms with E-state index in [1.165, 1.54) is 4.68 Å². The molecule has 0 radical (unpaired) electrons. The summed E-state index contributed by atoms with van der Waals surface area (Å²) in [6.45, 7) is 1.50. The lowest BCUT2D eigenvalue weighted by atomic mass is 9.82. The molecule has 8 nitrogen and oxygen atoms in total. The molecule has 2 heterocycles. The zero-order valence-electron chi connectivity index (χ0n) is 23.2. The highest BCUT2D eigenvalue weighted by atomic mass is 35.5. The van der Waals surface area contributed by atoms with Crippen molar-refractivity contribution < 1.29 is 19.5 Å². The molecule has 4 aliphatic rings. The molecule has 1 amide bonds. The lowest BCUT2D eigenvalue weighted by molar-refractivity contribution is -0.142. The first kappa shape index (κ1) is 27.2. The Morgan fingerprint density at radius 2 is 1.82 bits per heavy atom. The van der Waals surface area contributed by atoms with E-state index in [2.05, 4.69) is 19.0 Å². The quantitative estimate of drug-likeness (QED) is 0.549. The van der Waals surface area contributed by atoms with Crippen LogP contribution in [0.15, 0.2) is 24.3 Å². The maximum Gasteiger partial charge on any atom is 0.306 e. The van der Waals surface area contributed by atoms with Gasteiger partial charge in [0.15, 0.2) is 0 Å². The molecule has 0 spiro atoms. The predicted octanol–water partition coefficient (Wildman–Crippen LogP) is 4.64. The molecule has 3 atom stereocenters. The number of carboxylic acids is 1. The molecule has 40 heavy (non-hydrogen) atoms. The molecule has 1 saturated carbocycles. The van der Waals surface area contributed by atoms with E-state index in [0.717, 1.165) is 60.4 Å². The van der Waals surface area contributed by atoms with Crippen molar-refractivity contribution in [2.75, 3.05) is 27.2 Å². The van der Waals surface area contributed by atoms with Gasteiger partial charge in [-0.3, -0.25) is 14.4 Å². The number of aromatic nitrogens is 2. The summed E-state index contributed by atoms with van der Waals surface area (Å²) in [4.78, 5) is 43.5. The number of allylic oxidation sites excluding steroid dienone is 2. The van der Waals surface area contributed by atoms with Crippen LogP contribution in [0.4, 0.5) is 0 Å². The number of rotatable bonds is 6. The zero-order valence-corrected chi connectivity index (χ0v) is 24.0. The fraction of sp³-hybridized carbons (Fsp3) is 0.548. The molecule has 2 aromatic rings. The van der Waals surface area contributed by atoms with Crippen LogP contribution in [-0.2, 0) is 22.4 Å². The Labute approximate surface area is 240 Å². The summed E-state index contributed by atoms with van der Waals surface area (Å²) < 4.78 is 1.52. The average Bonchev–Trinajstić information content (AvgIpc) is 3.54. The minimum Gasteiger partial charge on any atom is -0.481 e. The first-order chi connectivity index (χ1) is 19.2. The standard InChI is InChI=1S/C31H37ClN4O4/c1-34(2)22-14-15-35(17-22)29(37)21-12-13-24-26(16-21)36(33-28(24)19-8-10-20(11-9-19)31(39)40)30(38)27-23(18-6-7-18)4-3-5-25(27)32/h3-5,8,18,20-22H,6-7,9-17H2,1-2H3,(H,39,40)/t20?,21?,22-/m1/s1. The number of hydrogen-bond donors (Lipinski definition) is 1. The molecule has 1 aliphatic heterocycles. The van der Waals surface area contributed by atoms with Gasteiger partial charge in [0.1, 0.15) is 0 Å². The fourth-order valence-electron chi connectivity index (χ4n) is 6.75. The number of carbonyl (C=O) groups is 3. The molecule has 1 saturated heterocycles. The number of amides is 1. The Bertz CT molecular complexity index is 1390. The Hall–Kier alpha value is -2.97.